The number of sulfonamides is 1. The first kappa shape index (κ1) is 18.8. The van der Waals surface area contributed by atoms with Crippen molar-refractivity contribution < 1.29 is 13.2 Å². The van der Waals surface area contributed by atoms with Crippen molar-refractivity contribution in [3.63, 3.8) is 0 Å². The van der Waals surface area contributed by atoms with Crippen LogP contribution in [0.1, 0.15) is 35.8 Å². The van der Waals surface area contributed by atoms with E-state index in [-0.39, 0.29) is 10.7 Å². The molecule has 27 heavy (non-hydrogen) atoms. The summed E-state index contributed by atoms with van der Waals surface area (Å²) in [6.07, 6.45) is 3.31. The van der Waals surface area contributed by atoms with Gasteiger partial charge in [-0.25, -0.2) is 8.42 Å². The molecule has 0 saturated heterocycles. The second-order valence-electron chi connectivity index (χ2n) is 6.18. The van der Waals surface area contributed by atoms with Crippen LogP contribution in [-0.2, 0) is 10.0 Å². The highest BCUT2D eigenvalue weighted by atomic mass is 32.2. The number of rotatable bonds is 6. The van der Waals surface area contributed by atoms with Gasteiger partial charge in [-0.15, -0.1) is 0 Å². The highest BCUT2D eigenvalue weighted by Gasteiger charge is 2.30. The monoisotopic (exact) mass is 380 g/mol. The van der Waals surface area contributed by atoms with Gasteiger partial charge in [-0.1, -0.05) is 36.4 Å². The van der Waals surface area contributed by atoms with E-state index in [2.05, 4.69) is 4.98 Å². The third kappa shape index (κ3) is 3.90. The first-order chi connectivity index (χ1) is 12.9. The zero-order valence-electron chi connectivity index (χ0n) is 15.1. The number of para-hydroxylation sites is 1. The van der Waals surface area contributed by atoms with Gasteiger partial charge in [-0.3, -0.25) is 14.1 Å². The Bertz CT molecular complexity index is 1020. The highest BCUT2D eigenvalue weighted by molar-refractivity contribution is 7.92. The Morgan fingerprint density at radius 3 is 2.19 bits per heavy atom. The van der Waals surface area contributed by atoms with Crippen molar-refractivity contribution in [1.82, 2.24) is 4.98 Å². The third-order valence-corrected chi connectivity index (χ3v) is 6.26. The number of carbonyl (C=O) groups excluding carboxylic acids is 1. The maximum atomic E-state index is 13.4. The zero-order valence-corrected chi connectivity index (χ0v) is 15.9. The van der Waals surface area contributed by atoms with Crippen LogP contribution in [0.25, 0.3) is 0 Å². The van der Waals surface area contributed by atoms with Crippen molar-refractivity contribution in [3.8, 4) is 0 Å². The fraction of sp³-hybridized carbons (Fsp3) is 0.143. The summed E-state index contributed by atoms with van der Waals surface area (Å²) in [5, 5.41) is 0. The number of ketones is 1. The molecule has 5 nitrogen and oxygen atoms in total. The Kier molecular flexibility index (Phi) is 5.37. The van der Waals surface area contributed by atoms with Crippen LogP contribution in [0.3, 0.4) is 0 Å². The average molecular weight is 380 g/mol. The van der Waals surface area contributed by atoms with E-state index in [0.717, 1.165) is 5.56 Å². The molecule has 1 heterocycles. The van der Waals surface area contributed by atoms with Crippen LogP contribution < -0.4 is 4.31 Å². The average Bonchev–Trinajstić information content (AvgIpc) is 2.69. The molecule has 138 valence electrons. The van der Waals surface area contributed by atoms with Crippen molar-refractivity contribution in [3.05, 3.63) is 90.3 Å². The molecule has 2 aromatic carbocycles. The number of nitrogens with zero attached hydrogens (tertiary/aromatic N) is 2. The van der Waals surface area contributed by atoms with Crippen LogP contribution in [0.5, 0.6) is 0 Å². The largest absolute Gasteiger partial charge is 0.295 e. The maximum Gasteiger partial charge on any atom is 0.264 e. The molecule has 0 amide bonds. The summed E-state index contributed by atoms with van der Waals surface area (Å²) in [5.74, 6) is -0.109. The number of anilines is 1. The molecule has 0 N–H and O–H groups in total. The third-order valence-electron chi connectivity index (χ3n) is 4.35. The smallest absolute Gasteiger partial charge is 0.264 e. The lowest BCUT2D eigenvalue weighted by Crippen LogP contribution is -2.33. The molecule has 3 rings (SSSR count). The van der Waals surface area contributed by atoms with E-state index in [1.807, 2.05) is 19.1 Å². The SMILES string of the molecule is CC(=O)c1ccc(S(=O)(=O)N(c2ccccc2)C(C)c2cccnc2)cc1. The fourth-order valence-corrected chi connectivity index (χ4v) is 4.52. The Morgan fingerprint density at radius 1 is 0.963 bits per heavy atom. The van der Waals surface area contributed by atoms with Crippen LogP contribution in [0.4, 0.5) is 5.69 Å². The van der Waals surface area contributed by atoms with Gasteiger partial charge < -0.3 is 0 Å². The van der Waals surface area contributed by atoms with Crippen molar-refractivity contribution in [2.75, 3.05) is 4.31 Å². The summed E-state index contributed by atoms with van der Waals surface area (Å²) < 4.78 is 28.3. The van der Waals surface area contributed by atoms with Gasteiger partial charge in [0, 0.05) is 18.0 Å². The van der Waals surface area contributed by atoms with Crippen molar-refractivity contribution in [2.45, 2.75) is 24.8 Å². The van der Waals surface area contributed by atoms with Gasteiger partial charge in [-0.2, -0.15) is 0 Å². The van der Waals surface area contributed by atoms with E-state index >= 15 is 0 Å². The summed E-state index contributed by atoms with van der Waals surface area (Å²) in [6.45, 7) is 3.27. The van der Waals surface area contributed by atoms with Gasteiger partial charge in [0.2, 0.25) is 0 Å². The van der Waals surface area contributed by atoms with Gasteiger partial charge in [0.15, 0.2) is 5.78 Å². The number of hydrogen-bond acceptors (Lipinski definition) is 4. The first-order valence-electron chi connectivity index (χ1n) is 8.51. The molecule has 0 aliphatic heterocycles. The van der Waals surface area contributed by atoms with Crippen LogP contribution in [0.2, 0.25) is 0 Å². The maximum absolute atomic E-state index is 13.4. The van der Waals surface area contributed by atoms with Gasteiger partial charge in [0.25, 0.3) is 10.0 Å². The van der Waals surface area contributed by atoms with Crippen LogP contribution in [0, 0.1) is 0 Å². The molecule has 0 aliphatic carbocycles. The molecule has 0 aliphatic rings. The van der Waals surface area contributed by atoms with Gasteiger partial charge in [-0.05, 0) is 49.7 Å². The lowest BCUT2D eigenvalue weighted by molar-refractivity contribution is 0.101. The summed E-state index contributed by atoms with van der Waals surface area (Å²) >= 11 is 0. The molecule has 0 saturated carbocycles. The van der Waals surface area contributed by atoms with Crippen LogP contribution in [0.15, 0.2) is 84.0 Å². The summed E-state index contributed by atoms with van der Waals surface area (Å²) in [5.41, 5.74) is 1.82. The molecule has 0 spiro atoms. The number of aromatic nitrogens is 1. The Morgan fingerprint density at radius 2 is 1.63 bits per heavy atom. The molecule has 3 aromatic rings. The molecule has 6 heteroatoms. The quantitative estimate of drug-likeness (QED) is 0.600. The highest BCUT2D eigenvalue weighted by Crippen LogP contribution is 2.32. The van der Waals surface area contributed by atoms with Crippen molar-refractivity contribution in [1.29, 1.82) is 0 Å². The normalized spacial score (nSPS) is 12.4. The number of benzene rings is 2. The minimum atomic E-state index is -3.85. The molecule has 0 radical (unpaired) electrons. The number of carbonyl (C=O) groups is 1. The standard InChI is InChI=1S/C21H20N2O3S/c1-16(19-7-6-14-22-15-19)23(20-8-4-3-5-9-20)27(25,26)21-12-10-18(11-13-21)17(2)24/h3-16H,1-2H3. The molecule has 0 fully saturated rings. The van der Waals surface area contributed by atoms with Crippen LogP contribution >= 0.6 is 0 Å². The predicted octanol–water partition coefficient (Wildman–Crippen LogP) is 4.24. The van der Waals surface area contributed by atoms with Crippen molar-refractivity contribution in [2.24, 2.45) is 0 Å². The van der Waals surface area contributed by atoms with Gasteiger partial charge >= 0.3 is 0 Å². The fourth-order valence-electron chi connectivity index (χ4n) is 2.88. The zero-order chi connectivity index (χ0) is 19.4. The molecule has 1 aromatic heterocycles. The Balaban J connectivity index is 2.10. The van der Waals surface area contributed by atoms with Crippen LogP contribution in [-0.4, -0.2) is 19.2 Å². The van der Waals surface area contributed by atoms with Crippen molar-refractivity contribution >= 4 is 21.5 Å². The second kappa shape index (κ2) is 7.72. The molecule has 0 bridgehead atoms. The van der Waals surface area contributed by atoms with E-state index < -0.39 is 16.1 Å². The number of Topliss-reactive ketones (excluding diaryl/α,β-unsaturated/α-hetero) is 1. The van der Waals surface area contributed by atoms with E-state index in [0.29, 0.717) is 11.3 Å². The lowest BCUT2D eigenvalue weighted by Gasteiger charge is -2.30. The summed E-state index contributed by atoms with van der Waals surface area (Å²) in [7, 11) is -3.85. The van der Waals surface area contributed by atoms with Gasteiger partial charge in [0.1, 0.15) is 0 Å². The Labute approximate surface area is 159 Å². The van der Waals surface area contributed by atoms with Gasteiger partial charge in [0.05, 0.1) is 16.6 Å². The molecule has 1 atom stereocenters. The molecule has 1 unspecified atom stereocenters. The minimum absolute atomic E-state index is 0.109. The summed E-state index contributed by atoms with van der Waals surface area (Å²) in [4.78, 5) is 15.7. The second-order valence-corrected chi connectivity index (χ2v) is 7.99. The molecular weight excluding hydrogens is 360 g/mol. The predicted molar refractivity (Wildman–Crippen MR) is 105 cm³/mol. The lowest BCUT2D eigenvalue weighted by atomic mass is 10.1. The van der Waals surface area contributed by atoms with E-state index in [1.54, 1.807) is 42.7 Å². The number of pyridine rings is 1. The minimum Gasteiger partial charge on any atom is -0.295 e. The topological polar surface area (TPSA) is 67.3 Å². The van der Waals surface area contributed by atoms with E-state index in [1.165, 1.54) is 35.5 Å². The van der Waals surface area contributed by atoms with E-state index in [9.17, 15) is 13.2 Å². The molecular formula is C21H20N2O3S. The Hall–Kier alpha value is -2.99. The summed E-state index contributed by atoms with van der Waals surface area (Å²) in [6, 6.07) is 18.1. The first-order valence-corrected chi connectivity index (χ1v) is 9.95. The van der Waals surface area contributed by atoms with E-state index in [4.69, 9.17) is 0 Å². The number of hydrogen-bond donors (Lipinski definition) is 0.